The van der Waals surface area contributed by atoms with Gasteiger partial charge in [-0.1, -0.05) is 12.1 Å². The molecule has 1 aromatic carbocycles. The van der Waals surface area contributed by atoms with Gasteiger partial charge >= 0.3 is 0 Å². The number of hydrogen-bond donors (Lipinski definition) is 1. The minimum Gasteiger partial charge on any atom is -0.352 e. The van der Waals surface area contributed by atoms with E-state index >= 15 is 0 Å². The Hall–Kier alpha value is -2.25. The van der Waals surface area contributed by atoms with Gasteiger partial charge in [0.2, 0.25) is 5.91 Å². The van der Waals surface area contributed by atoms with E-state index in [2.05, 4.69) is 11.4 Å². The van der Waals surface area contributed by atoms with Crippen LogP contribution >= 0.6 is 22.7 Å². The Morgan fingerprint density at radius 1 is 1.26 bits per heavy atom. The van der Waals surface area contributed by atoms with Gasteiger partial charge in [0, 0.05) is 30.5 Å². The van der Waals surface area contributed by atoms with Crippen molar-refractivity contribution in [3.8, 4) is 0 Å². The number of para-hydroxylation sites is 1. The topological polar surface area (TPSA) is 62.3 Å². The molecular formula is C20H21N3O2S2. The first-order valence-electron chi connectivity index (χ1n) is 9.18. The van der Waals surface area contributed by atoms with Crippen LogP contribution in [0.2, 0.25) is 0 Å². The molecule has 0 unspecified atom stereocenters. The summed E-state index contributed by atoms with van der Waals surface area (Å²) >= 11 is 3.19. The van der Waals surface area contributed by atoms with Crippen LogP contribution in [0.4, 0.5) is 0 Å². The van der Waals surface area contributed by atoms with Crippen molar-refractivity contribution >= 4 is 44.7 Å². The number of rotatable bonds is 6. The molecule has 0 saturated carbocycles. The highest BCUT2D eigenvalue weighted by Crippen LogP contribution is 2.36. The second-order valence-corrected chi connectivity index (χ2v) is 8.48. The minimum absolute atomic E-state index is 0.0720. The van der Waals surface area contributed by atoms with E-state index in [0.717, 1.165) is 29.9 Å². The third kappa shape index (κ3) is 4.04. The number of thiophene rings is 1. The number of aromatic nitrogens is 1. The fourth-order valence-electron chi connectivity index (χ4n) is 3.44. The summed E-state index contributed by atoms with van der Waals surface area (Å²) in [5, 5.41) is 7.62. The van der Waals surface area contributed by atoms with E-state index in [1.165, 1.54) is 16.0 Å². The molecule has 5 nitrogen and oxygen atoms in total. The Balaban J connectivity index is 1.31. The van der Waals surface area contributed by atoms with Gasteiger partial charge in [0.25, 0.3) is 5.91 Å². The molecule has 1 N–H and O–H groups in total. The van der Waals surface area contributed by atoms with Crippen molar-refractivity contribution in [3.05, 3.63) is 51.7 Å². The molecule has 3 aromatic rings. The summed E-state index contributed by atoms with van der Waals surface area (Å²) in [5.41, 5.74) is 1.69. The molecule has 1 saturated heterocycles. The van der Waals surface area contributed by atoms with Crippen LogP contribution in [0.25, 0.3) is 10.2 Å². The zero-order valence-electron chi connectivity index (χ0n) is 14.9. The highest BCUT2D eigenvalue weighted by atomic mass is 32.1. The van der Waals surface area contributed by atoms with Gasteiger partial charge in [-0.05, 0) is 42.8 Å². The van der Waals surface area contributed by atoms with Gasteiger partial charge in [-0.2, -0.15) is 11.3 Å². The lowest BCUT2D eigenvalue weighted by molar-refractivity contribution is -0.132. The lowest BCUT2D eigenvalue weighted by atomic mass is 10.2. The standard InChI is InChI=1S/C20H21N3O2S2/c24-18(8-3-10-21-19(25)14-9-12-26-13-14)23-11-4-6-16(23)20-22-15-5-1-2-7-17(15)27-20/h1-2,5,7,9,12-13,16H,3-4,6,8,10-11H2,(H,21,25)/t16-/m0/s1. The van der Waals surface area contributed by atoms with Crippen molar-refractivity contribution in [2.24, 2.45) is 0 Å². The fraction of sp³-hybridized carbons (Fsp3) is 0.350. The zero-order chi connectivity index (χ0) is 18.6. The summed E-state index contributed by atoms with van der Waals surface area (Å²) in [6.45, 7) is 1.31. The van der Waals surface area contributed by atoms with Crippen LogP contribution in [0.5, 0.6) is 0 Å². The lowest BCUT2D eigenvalue weighted by Crippen LogP contribution is -2.31. The van der Waals surface area contributed by atoms with E-state index in [0.29, 0.717) is 24.9 Å². The summed E-state index contributed by atoms with van der Waals surface area (Å²) in [4.78, 5) is 31.3. The van der Waals surface area contributed by atoms with E-state index in [1.54, 1.807) is 17.4 Å². The average Bonchev–Trinajstić information content (AvgIpc) is 3.43. The van der Waals surface area contributed by atoms with Crippen LogP contribution in [0, 0.1) is 0 Å². The van der Waals surface area contributed by atoms with Crippen LogP contribution < -0.4 is 5.32 Å². The molecule has 1 aliphatic heterocycles. The van der Waals surface area contributed by atoms with Gasteiger partial charge < -0.3 is 10.2 Å². The maximum Gasteiger partial charge on any atom is 0.252 e. The second-order valence-electron chi connectivity index (χ2n) is 6.64. The normalized spacial score (nSPS) is 16.7. The zero-order valence-corrected chi connectivity index (χ0v) is 16.5. The highest BCUT2D eigenvalue weighted by molar-refractivity contribution is 7.18. The van der Waals surface area contributed by atoms with Crippen molar-refractivity contribution in [3.63, 3.8) is 0 Å². The molecule has 0 spiro atoms. The van der Waals surface area contributed by atoms with Crippen molar-refractivity contribution in [1.82, 2.24) is 15.2 Å². The summed E-state index contributed by atoms with van der Waals surface area (Å²) in [6.07, 6.45) is 3.09. The number of carbonyl (C=O) groups is 2. The largest absolute Gasteiger partial charge is 0.352 e. The number of fused-ring (bicyclic) bond motifs is 1. The molecule has 4 rings (SSSR count). The molecule has 0 aliphatic carbocycles. The number of benzene rings is 1. The number of carbonyl (C=O) groups excluding carboxylic acids is 2. The molecule has 2 amide bonds. The minimum atomic E-state index is -0.0720. The Morgan fingerprint density at radius 2 is 2.15 bits per heavy atom. The Morgan fingerprint density at radius 3 is 2.96 bits per heavy atom. The van der Waals surface area contributed by atoms with Gasteiger partial charge in [0.1, 0.15) is 5.01 Å². The number of thiazole rings is 1. The molecule has 1 aliphatic rings. The second kappa shape index (κ2) is 8.19. The molecule has 1 fully saturated rings. The first-order valence-corrected chi connectivity index (χ1v) is 10.9. The van der Waals surface area contributed by atoms with E-state index in [-0.39, 0.29) is 17.9 Å². The van der Waals surface area contributed by atoms with Gasteiger partial charge in [0.05, 0.1) is 16.3 Å². The first-order chi connectivity index (χ1) is 13.2. The Bertz CT molecular complexity index is 903. The fourth-order valence-corrected chi connectivity index (χ4v) is 5.19. The molecule has 2 aromatic heterocycles. The smallest absolute Gasteiger partial charge is 0.252 e. The quantitative estimate of drug-likeness (QED) is 0.631. The Labute approximate surface area is 166 Å². The molecule has 0 bridgehead atoms. The predicted molar refractivity (Wildman–Crippen MR) is 109 cm³/mol. The van der Waals surface area contributed by atoms with Crippen LogP contribution in [0.15, 0.2) is 41.1 Å². The van der Waals surface area contributed by atoms with Crippen molar-refractivity contribution in [1.29, 1.82) is 0 Å². The van der Waals surface area contributed by atoms with Crippen molar-refractivity contribution in [2.45, 2.75) is 31.7 Å². The number of hydrogen-bond acceptors (Lipinski definition) is 5. The molecule has 0 radical (unpaired) electrons. The van der Waals surface area contributed by atoms with E-state index in [1.807, 2.05) is 33.9 Å². The monoisotopic (exact) mass is 399 g/mol. The third-order valence-corrected chi connectivity index (χ3v) is 6.63. The van der Waals surface area contributed by atoms with Gasteiger partial charge in [-0.15, -0.1) is 11.3 Å². The van der Waals surface area contributed by atoms with Crippen LogP contribution in [0.3, 0.4) is 0 Å². The number of likely N-dealkylation sites (tertiary alicyclic amines) is 1. The van der Waals surface area contributed by atoms with Crippen molar-refractivity contribution < 1.29 is 9.59 Å². The lowest BCUT2D eigenvalue weighted by Gasteiger charge is -2.23. The van der Waals surface area contributed by atoms with Crippen LogP contribution in [-0.4, -0.2) is 34.8 Å². The summed E-state index contributed by atoms with van der Waals surface area (Å²) < 4.78 is 1.17. The van der Waals surface area contributed by atoms with E-state index in [4.69, 9.17) is 4.98 Å². The number of amides is 2. The summed E-state index contributed by atoms with van der Waals surface area (Å²) in [6, 6.07) is 10.0. The van der Waals surface area contributed by atoms with E-state index < -0.39 is 0 Å². The molecule has 27 heavy (non-hydrogen) atoms. The summed E-state index contributed by atoms with van der Waals surface area (Å²) in [7, 11) is 0. The molecule has 1 atom stereocenters. The highest BCUT2D eigenvalue weighted by Gasteiger charge is 2.31. The predicted octanol–water partition coefficient (Wildman–Crippen LogP) is 4.23. The Kier molecular flexibility index (Phi) is 5.50. The summed E-state index contributed by atoms with van der Waals surface area (Å²) in [5.74, 6) is 0.0822. The maximum atomic E-state index is 12.7. The van der Waals surface area contributed by atoms with Gasteiger partial charge in [-0.3, -0.25) is 9.59 Å². The molecule has 140 valence electrons. The molecule has 7 heteroatoms. The average molecular weight is 400 g/mol. The van der Waals surface area contributed by atoms with Gasteiger partial charge in [-0.25, -0.2) is 4.98 Å². The SMILES string of the molecule is O=C(NCCCC(=O)N1CCC[C@H]1c1nc2ccccc2s1)c1ccsc1. The first kappa shape index (κ1) is 18.1. The number of nitrogens with one attached hydrogen (secondary N) is 1. The molecular weight excluding hydrogens is 378 g/mol. The van der Waals surface area contributed by atoms with Crippen LogP contribution in [0.1, 0.15) is 47.1 Å². The third-order valence-electron chi connectivity index (χ3n) is 4.80. The van der Waals surface area contributed by atoms with Crippen molar-refractivity contribution in [2.75, 3.05) is 13.1 Å². The number of nitrogens with zero attached hydrogens (tertiary/aromatic N) is 2. The van der Waals surface area contributed by atoms with Gasteiger partial charge in [0.15, 0.2) is 0 Å². The van der Waals surface area contributed by atoms with E-state index in [9.17, 15) is 9.59 Å². The molecule has 3 heterocycles. The maximum absolute atomic E-state index is 12.7. The van der Waals surface area contributed by atoms with Crippen LogP contribution in [-0.2, 0) is 4.79 Å².